The third-order valence-electron chi connectivity index (χ3n) is 2.34. The van der Waals surface area contributed by atoms with Crippen LogP contribution in [0.4, 0.5) is 5.82 Å². The van der Waals surface area contributed by atoms with Crippen LogP contribution in [0.1, 0.15) is 23.5 Å². The van der Waals surface area contributed by atoms with Gasteiger partial charge in [-0.3, -0.25) is 10.2 Å². The molecule has 0 radical (unpaired) electrons. The molecular formula is C11H15N5OS2. The molecule has 0 saturated heterocycles. The van der Waals surface area contributed by atoms with Crippen molar-refractivity contribution in [1.82, 2.24) is 15.4 Å². The zero-order chi connectivity index (χ0) is 14.0. The highest BCUT2D eigenvalue weighted by molar-refractivity contribution is 7.98. The van der Waals surface area contributed by atoms with Crippen molar-refractivity contribution >= 4 is 45.0 Å². The van der Waals surface area contributed by atoms with Gasteiger partial charge in [0.2, 0.25) is 0 Å². The van der Waals surface area contributed by atoms with Crippen LogP contribution in [-0.2, 0) is 0 Å². The van der Waals surface area contributed by atoms with Gasteiger partial charge in [-0.25, -0.2) is 15.8 Å². The average Bonchev–Trinajstić information content (AvgIpc) is 2.81. The lowest BCUT2D eigenvalue weighted by molar-refractivity contribution is 0.0958. The quantitative estimate of drug-likeness (QED) is 0.262. The number of aromatic nitrogens is 2. The molecule has 0 aliphatic heterocycles. The lowest BCUT2D eigenvalue weighted by Crippen LogP contribution is -2.29. The molecule has 1 amide bonds. The molecule has 2 aromatic heterocycles. The van der Waals surface area contributed by atoms with E-state index < -0.39 is 0 Å². The van der Waals surface area contributed by atoms with Gasteiger partial charge in [-0.1, -0.05) is 11.8 Å². The predicted octanol–water partition coefficient (Wildman–Crippen LogP) is 1.84. The van der Waals surface area contributed by atoms with Crippen molar-refractivity contribution in [2.24, 2.45) is 5.84 Å². The maximum absolute atomic E-state index is 11.6. The number of thioether (sulfide) groups is 1. The SMILES string of the molecule is CSc1nc(NC(C)C)c2cc(C(=O)NN)sc2n1. The second-order valence-corrected chi connectivity index (χ2v) is 5.96. The molecule has 0 fully saturated rings. The second-order valence-electron chi connectivity index (χ2n) is 4.16. The van der Waals surface area contributed by atoms with E-state index in [0.717, 1.165) is 16.0 Å². The zero-order valence-corrected chi connectivity index (χ0v) is 12.5. The van der Waals surface area contributed by atoms with Crippen molar-refractivity contribution in [2.45, 2.75) is 25.0 Å². The summed E-state index contributed by atoms with van der Waals surface area (Å²) in [6.45, 7) is 4.07. The Hall–Kier alpha value is -1.38. The molecule has 0 saturated carbocycles. The van der Waals surface area contributed by atoms with Crippen LogP contribution in [0.25, 0.3) is 10.2 Å². The molecule has 2 aromatic rings. The summed E-state index contributed by atoms with van der Waals surface area (Å²) in [5, 5.41) is 4.79. The third-order valence-corrected chi connectivity index (χ3v) is 3.91. The van der Waals surface area contributed by atoms with Gasteiger partial charge < -0.3 is 5.32 Å². The predicted molar refractivity (Wildman–Crippen MR) is 79.6 cm³/mol. The molecule has 8 heteroatoms. The molecule has 4 N–H and O–H groups in total. The normalized spacial score (nSPS) is 11.0. The van der Waals surface area contributed by atoms with Crippen LogP contribution in [0.5, 0.6) is 0 Å². The van der Waals surface area contributed by atoms with E-state index in [-0.39, 0.29) is 11.9 Å². The smallest absolute Gasteiger partial charge is 0.275 e. The number of anilines is 1. The first-order chi connectivity index (χ1) is 9.05. The fourth-order valence-corrected chi connectivity index (χ4v) is 2.92. The Morgan fingerprint density at radius 1 is 1.47 bits per heavy atom. The Bertz CT molecular complexity index is 610. The summed E-state index contributed by atoms with van der Waals surface area (Å²) in [4.78, 5) is 21.7. The minimum absolute atomic E-state index is 0.250. The van der Waals surface area contributed by atoms with E-state index in [2.05, 4.69) is 20.7 Å². The van der Waals surface area contributed by atoms with Gasteiger partial charge in [0.25, 0.3) is 5.91 Å². The lowest BCUT2D eigenvalue weighted by Gasteiger charge is -2.10. The number of hydrazine groups is 1. The van der Waals surface area contributed by atoms with Crippen molar-refractivity contribution in [3.63, 3.8) is 0 Å². The summed E-state index contributed by atoms with van der Waals surface area (Å²) in [7, 11) is 0. The van der Waals surface area contributed by atoms with E-state index in [9.17, 15) is 4.79 Å². The maximum Gasteiger partial charge on any atom is 0.275 e. The molecule has 2 heterocycles. The molecule has 102 valence electrons. The maximum atomic E-state index is 11.6. The first-order valence-electron chi connectivity index (χ1n) is 5.68. The van der Waals surface area contributed by atoms with Gasteiger partial charge in [0, 0.05) is 6.04 Å². The van der Waals surface area contributed by atoms with Crippen molar-refractivity contribution in [2.75, 3.05) is 11.6 Å². The van der Waals surface area contributed by atoms with Gasteiger partial charge in [-0.05, 0) is 26.2 Å². The summed E-state index contributed by atoms with van der Waals surface area (Å²) in [5.74, 6) is 5.58. The first kappa shape index (κ1) is 14.0. The summed E-state index contributed by atoms with van der Waals surface area (Å²) in [6, 6.07) is 2.01. The molecule has 0 unspecified atom stereocenters. The number of nitrogens with two attached hydrogens (primary N) is 1. The number of nitrogens with one attached hydrogen (secondary N) is 2. The van der Waals surface area contributed by atoms with Gasteiger partial charge in [0.05, 0.1) is 10.3 Å². The lowest BCUT2D eigenvalue weighted by atomic mass is 10.3. The Morgan fingerprint density at radius 3 is 2.79 bits per heavy atom. The zero-order valence-electron chi connectivity index (χ0n) is 10.9. The highest BCUT2D eigenvalue weighted by Gasteiger charge is 2.15. The first-order valence-corrected chi connectivity index (χ1v) is 7.72. The van der Waals surface area contributed by atoms with E-state index in [1.807, 2.05) is 20.1 Å². The monoisotopic (exact) mass is 297 g/mol. The Morgan fingerprint density at radius 2 is 2.21 bits per heavy atom. The molecular weight excluding hydrogens is 282 g/mol. The Kier molecular flexibility index (Phi) is 4.23. The molecule has 0 aliphatic carbocycles. The minimum Gasteiger partial charge on any atom is -0.367 e. The summed E-state index contributed by atoms with van der Waals surface area (Å²) >= 11 is 2.77. The fraction of sp³-hybridized carbons (Fsp3) is 0.364. The second kappa shape index (κ2) is 5.72. The van der Waals surface area contributed by atoms with Crippen LogP contribution in [0, 0.1) is 0 Å². The van der Waals surface area contributed by atoms with Gasteiger partial charge in [0.15, 0.2) is 5.16 Å². The van der Waals surface area contributed by atoms with Crippen molar-refractivity contribution in [1.29, 1.82) is 0 Å². The topological polar surface area (TPSA) is 92.9 Å². The van der Waals surface area contributed by atoms with Gasteiger partial charge in [-0.15, -0.1) is 11.3 Å². The number of fused-ring (bicyclic) bond motifs is 1. The third kappa shape index (κ3) is 2.96. The number of nitrogen functional groups attached to an aromatic ring is 1. The van der Waals surface area contributed by atoms with Crippen molar-refractivity contribution in [3.05, 3.63) is 10.9 Å². The summed E-state index contributed by atoms with van der Waals surface area (Å²) < 4.78 is 0. The molecule has 0 aromatic carbocycles. The van der Waals surface area contributed by atoms with E-state index >= 15 is 0 Å². The van der Waals surface area contributed by atoms with E-state index in [1.165, 1.54) is 23.1 Å². The van der Waals surface area contributed by atoms with Crippen LogP contribution >= 0.6 is 23.1 Å². The van der Waals surface area contributed by atoms with Crippen molar-refractivity contribution < 1.29 is 4.79 Å². The van der Waals surface area contributed by atoms with Crippen LogP contribution in [0.15, 0.2) is 11.2 Å². The average molecular weight is 297 g/mol. The van der Waals surface area contributed by atoms with Crippen molar-refractivity contribution in [3.8, 4) is 0 Å². The number of amides is 1. The highest BCUT2D eigenvalue weighted by atomic mass is 32.2. The van der Waals surface area contributed by atoms with Gasteiger partial charge in [0.1, 0.15) is 10.6 Å². The molecule has 19 heavy (non-hydrogen) atoms. The van der Waals surface area contributed by atoms with E-state index in [0.29, 0.717) is 10.0 Å². The van der Waals surface area contributed by atoms with Crippen LogP contribution < -0.4 is 16.6 Å². The number of thiophene rings is 1. The van der Waals surface area contributed by atoms with Gasteiger partial charge in [-0.2, -0.15) is 0 Å². The largest absolute Gasteiger partial charge is 0.367 e. The Labute approximate surface area is 119 Å². The molecule has 0 aliphatic rings. The number of hydrogen-bond donors (Lipinski definition) is 3. The highest BCUT2D eigenvalue weighted by Crippen LogP contribution is 2.31. The molecule has 0 atom stereocenters. The van der Waals surface area contributed by atoms with E-state index in [4.69, 9.17) is 5.84 Å². The van der Waals surface area contributed by atoms with Crippen LogP contribution in [0.3, 0.4) is 0 Å². The van der Waals surface area contributed by atoms with Crippen LogP contribution in [-0.4, -0.2) is 28.2 Å². The molecule has 2 rings (SSSR count). The Balaban J connectivity index is 2.57. The van der Waals surface area contributed by atoms with Crippen LogP contribution in [0.2, 0.25) is 0 Å². The summed E-state index contributed by atoms with van der Waals surface area (Å²) in [5.41, 5.74) is 2.13. The number of rotatable bonds is 4. The number of hydrogen-bond acceptors (Lipinski definition) is 7. The summed E-state index contributed by atoms with van der Waals surface area (Å²) in [6.07, 6.45) is 1.92. The fourth-order valence-electron chi connectivity index (χ4n) is 1.56. The molecule has 0 spiro atoms. The number of carbonyl (C=O) groups is 1. The number of nitrogens with zero attached hydrogens (tertiary/aromatic N) is 2. The minimum atomic E-state index is -0.316. The molecule has 0 bridgehead atoms. The number of carbonyl (C=O) groups excluding carboxylic acids is 1. The standard InChI is InChI=1S/C11H15N5OS2/c1-5(2)13-8-6-4-7(9(17)16-12)19-10(6)15-11(14-8)18-3/h4-5H,12H2,1-3H3,(H,16,17)(H,13,14,15). The molecule has 6 nitrogen and oxygen atoms in total. The van der Waals surface area contributed by atoms with E-state index in [1.54, 1.807) is 6.07 Å². The van der Waals surface area contributed by atoms with Gasteiger partial charge >= 0.3 is 0 Å².